The van der Waals surface area contributed by atoms with E-state index in [0.29, 0.717) is 17.1 Å². The standard InChI is InChI=1S/C19H18IN3O3/c1-19(2,3)15-16(12-7-9-13(20)10-8-12)22-23(17(15)26-18(24)25)14-6-4-5-11-21-14/h4-11H,1-3H3,(H,24,25). The lowest BCUT2D eigenvalue weighted by Crippen LogP contribution is -2.16. The van der Waals surface area contributed by atoms with E-state index in [0.717, 1.165) is 9.13 Å². The van der Waals surface area contributed by atoms with Crippen molar-refractivity contribution in [3.63, 3.8) is 0 Å². The zero-order valence-corrected chi connectivity index (χ0v) is 16.8. The molecule has 134 valence electrons. The Morgan fingerprint density at radius 3 is 2.38 bits per heavy atom. The molecule has 1 aromatic carbocycles. The average Bonchev–Trinajstić information content (AvgIpc) is 2.95. The quantitative estimate of drug-likeness (QED) is 0.442. The third-order valence-electron chi connectivity index (χ3n) is 3.76. The highest BCUT2D eigenvalue weighted by Gasteiger charge is 2.31. The van der Waals surface area contributed by atoms with Crippen molar-refractivity contribution in [3.8, 4) is 23.0 Å². The van der Waals surface area contributed by atoms with Crippen LogP contribution in [0.4, 0.5) is 4.79 Å². The molecule has 6 nitrogen and oxygen atoms in total. The van der Waals surface area contributed by atoms with E-state index >= 15 is 0 Å². The maximum Gasteiger partial charge on any atom is 0.512 e. The molecule has 7 heteroatoms. The third-order valence-corrected chi connectivity index (χ3v) is 4.48. The number of halogens is 1. The molecule has 2 aromatic heterocycles. The number of rotatable bonds is 3. The first-order valence-electron chi connectivity index (χ1n) is 7.99. The van der Waals surface area contributed by atoms with Crippen LogP contribution < -0.4 is 4.74 Å². The summed E-state index contributed by atoms with van der Waals surface area (Å²) in [6.45, 7) is 5.99. The first-order valence-corrected chi connectivity index (χ1v) is 9.07. The zero-order chi connectivity index (χ0) is 18.9. The number of nitrogens with zero attached hydrogens (tertiary/aromatic N) is 3. The van der Waals surface area contributed by atoms with Crippen LogP contribution in [-0.4, -0.2) is 26.0 Å². The van der Waals surface area contributed by atoms with Crippen LogP contribution in [-0.2, 0) is 5.41 Å². The second-order valence-corrected chi connectivity index (χ2v) is 8.00. The fraction of sp³-hybridized carbons (Fsp3) is 0.211. The van der Waals surface area contributed by atoms with Crippen molar-refractivity contribution in [1.29, 1.82) is 0 Å². The fourth-order valence-corrected chi connectivity index (χ4v) is 3.06. The molecule has 0 saturated carbocycles. The Labute approximate surface area is 165 Å². The molecule has 3 rings (SSSR count). The van der Waals surface area contributed by atoms with E-state index in [4.69, 9.17) is 4.74 Å². The summed E-state index contributed by atoms with van der Waals surface area (Å²) < 4.78 is 7.71. The van der Waals surface area contributed by atoms with E-state index in [1.807, 2.05) is 51.1 Å². The van der Waals surface area contributed by atoms with Crippen molar-refractivity contribution >= 4 is 28.7 Å². The Morgan fingerprint density at radius 2 is 1.85 bits per heavy atom. The molecule has 0 atom stereocenters. The normalized spacial score (nSPS) is 11.4. The van der Waals surface area contributed by atoms with E-state index in [1.54, 1.807) is 18.3 Å². The molecule has 0 aliphatic rings. The van der Waals surface area contributed by atoms with E-state index in [2.05, 4.69) is 32.7 Å². The van der Waals surface area contributed by atoms with Crippen molar-refractivity contribution in [2.24, 2.45) is 0 Å². The van der Waals surface area contributed by atoms with Crippen LogP contribution in [0.2, 0.25) is 0 Å². The number of ether oxygens (including phenoxy) is 1. The highest BCUT2D eigenvalue weighted by atomic mass is 127. The number of hydrogen-bond acceptors (Lipinski definition) is 4. The molecular formula is C19H18IN3O3. The summed E-state index contributed by atoms with van der Waals surface area (Å²) in [5.41, 5.74) is 1.89. The molecule has 26 heavy (non-hydrogen) atoms. The van der Waals surface area contributed by atoms with Gasteiger partial charge in [-0.2, -0.15) is 9.78 Å². The van der Waals surface area contributed by atoms with Gasteiger partial charge < -0.3 is 9.84 Å². The molecule has 0 fully saturated rings. The number of benzene rings is 1. The van der Waals surface area contributed by atoms with Crippen LogP contribution >= 0.6 is 22.6 Å². The molecule has 0 amide bonds. The van der Waals surface area contributed by atoms with Gasteiger partial charge in [-0.1, -0.05) is 39.0 Å². The molecule has 1 N–H and O–H groups in total. The summed E-state index contributed by atoms with van der Waals surface area (Å²) in [7, 11) is 0. The Hall–Kier alpha value is -2.42. The first kappa shape index (κ1) is 18.4. The van der Waals surface area contributed by atoms with Crippen LogP contribution in [0.1, 0.15) is 26.3 Å². The Kier molecular flexibility index (Phi) is 4.99. The van der Waals surface area contributed by atoms with Gasteiger partial charge in [-0.05, 0) is 52.3 Å². The molecule has 2 heterocycles. The number of carboxylic acid groups (broad SMARTS) is 1. The van der Waals surface area contributed by atoms with Crippen LogP contribution in [0.3, 0.4) is 0 Å². The SMILES string of the molecule is CC(C)(C)c1c(-c2ccc(I)cc2)nn(-c2ccccn2)c1OC(=O)O. The van der Waals surface area contributed by atoms with Gasteiger partial charge in [0.15, 0.2) is 5.82 Å². The molecule has 0 bridgehead atoms. The van der Waals surface area contributed by atoms with Crippen LogP contribution in [0.15, 0.2) is 48.7 Å². The predicted octanol–water partition coefficient (Wildman–Crippen LogP) is 4.89. The van der Waals surface area contributed by atoms with E-state index < -0.39 is 11.6 Å². The van der Waals surface area contributed by atoms with Gasteiger partial charge >= 0.3 is 6.16 Å². The van der Waals surface area contributed by atoms with E-state index in [1.165, 1.54) is 4.68 Å². The molecule has 0 aliphatic carbocycles. The Morgan fingerprint density at radius 1 is 1.15 bits per heavy atom. The van der Waals surface area contributed by atoms with Gasteiger partial charge in [-0.25, -0.2) is 9.78 Å². The number of aromatic nitrogens is 3. The van der Waals surface area contributed by atoms with Gasteiger partial charge in [0.25, 0.3) is 0 Å². The number of hydrogen-bond donors (Lipinski definition) is 1. The predicted molar refractivity (Wildman–Crippen MR) is 107 cm³/mol. The van der Waals surface area contributed by atoms with Crippen LogP contribution in [0.25, 0.3) is 17.1 Å². The van der Waals surface area contributed by atoms with Gasteiger partial charge in [-0.3, -0.25) is 0 Å². The van der Waals surface area contributed by atoms with Crippen LogP contribution in [0.5, 0.6) is 5.88 Å². The third kappa shape index (κ3) is 3.72. The molecule has 0 saturated heterocycles. The lowest BCUT2D eigenvalue weighted by Gasteiger charge is -2.20. The van der Waals surface area contributed by atoms with E-state index in [9.17, 15) is 9.90 Å². The van der Waals surface area contributed by atoms with Crippen LogP contribution in [0, 0.1) is 3.57 Å². The van der Waals surface area contributed by atoms with Gasteiger partial charge in [-0.15, -0.1) is 0 Å². The van der Waals surface area contributed by atoms with Crippen molar-refractivity contribution in [3.05, 3.63) is 57.8 Å². The van der Waals surface area contributed by atoms with Gasteiger partial charge in [0.2, 0.25) is 5.88 Å². The number of carbonyl (C=O) groups is 1. The molecule has 0 spiro atoms. The molecule has 0 radical (unpaired) electrons. The maximum atomic E-state index is 11.3. The highest BCUT2D eigenvalue weighted by Crippen LogP contribution is 2.40. The maximum absolute atomic E-state index is 11.3. The minimum Gasteiger partial charge on any atom is -0.449 e. The topological polar surface area (TPSA) is 77.2 Å². The first-order chi connectivity index (χ1) is 12.3. The summed E-state index contributed by atoms with van der Waals surface area (Å²) in [6, 6.07) is 13.3. The lowest BCUT2D eigenvalue weighted by atomic mass is 9.85. The molecule has 3 aromatic rings. The molecule has 0 aliphatic heterocycles. The minimum absolute atomic E-state index is 0.164. The monoisotopic (exact) mass is 463 g/mol. The zero-order valence-electron chi connectivity index (χ0n) is 14.6. The van der Waals surface area contributed by atoms with Crippen molar-refractivity contribution in [2.45, 2.75) is 26.2 Å². The lowest BCUT2D eigenvalue weighted by molar-refractivity contribution is 0.140. The van der Waals surface area contributed by atoms with Crippen molar-refractivity contribution < 1.29 is 14.6 Å². The average molecular weight is 463 g/mol. The van der Waals surface area contributed by atoms with E-state index in [-0.39, 0.29) is 5.88 Å². The fourth-order valence-electron chi connectivity index (χ4n) is 2.70. The van der Waals surface area contributed by atoms with Gasteiger partial charge in [0.05, 0.1) is 0 Å². The molecular weight excluding hydrogens is 445 g/mol. The minimum atomic E-state index is -1.39. The summed E-state index contributed by atoms with van der Waals surface area (Å²) in [5, 5.41) is 13.9. The smallest absolute Gasteiger partial charge is 0.449 e. The Bertz CT molecular complexity index is 929. The summed E-state index contributed by atoms with van der Waals surface area (Å²) >= 11 is 2.24. The highest BCUT2D eigenvalue weighted by molar-refractivity contribution is 14.1. The summed E-state index contributed by atoms with van der Waals surface area (Å²) in [6.07, 6.45) is 0.241. The van der Waals surface area contributed by atoms with Crippen molar-refractivity contribution in [2.75, 3.05) is 0 Å². The van der Waals surface area contributed by atoms with Crippen molar-refractivity contribution in [1.82, 2.24) is 14.8 Å². The number of pyridine rings is 1. The summed E-state index contributed by atoms with van der Waals surface area (Å²) in [5.74, 6) is 0.656. The molecule has 0 unspecified atom stereocenters. The second kappa shape index (κ2) is 7.06. The Balaban J connectivity index is 2.31. The van der Waals surface area contributed by atoms with Gasteiger partial charge in [0.1, 0.15) is 5.69 Å². The summed E-state index contributed by atoms with van der Waals surface area (Å²) in [4.78, 5) is 15.6. The largest absolute Gasteiger partial charge is 0.512 e. The van der Waals surface area contributed by atoms with Gasteiger partial charge in [0, 0.05) is 20.9 Å². The second-order valence-electron chi connectivity index (χ2n) is 6.75.